The van der Waals surface area contributed by atoms with Crippen LogP contribution in [-0.4, -0.2) is 21.8 Å². The first kappa shape index (κ1) is 28.1. The van der Waals surface area contributed by atoms with Crippen molar-refractivity contribution in [2.24, 2.45) is 0 Å². The first-order valence-electron chi connectivity index (χ1n) is 12.7. The van der Waals surface area contributed by atoms with Gasteiger partial charge in [0.1, 0.15) is 0 Å². The highest BCUT2D eigenvalue weighted by atomic mass is 28.4. The van der Waals surface area contributed by atoms with E-state index in [-0.39, 0.29) is 5.04 Å². The van der Waals surface area contributed by atoms with Gasteiger partial charge in [-0.3, -0.25) is 0 Å². The SMILES string of the molecule is CCCCCCCCCCCCCCCCC[Si](OCC)(OCC)C(C)(C)C. The lowest BCUT2D eigenvalue weighted by Gasteiger charge is -2.40. The molecule has 0 heterocycles. The molecule has 0 aliphatic heterocycles. The molecular weight excluding hydrogens is 360 g/mol. The number of unbranched alkanes of at least 4 members (excludes halogenated alkanes) is 14. The Morgan fingerprint density at radius 3 is 1.11 bits per heavy atom. The Hall–Kier alpha value is 0.137. The summed E-state index contributed by atoms with van der Waals surface area (Å²) in [5, 5.41) is 0.148. The van der Waals surface area contributed by atoms with Crippen molar-refractivity contribution in [2.45, 2.75) is 149 Å². The van der Waals surface area contributed by atoms with E-state index < -0.39 is 8.56 Å². The summed E-state index contributed by atoms with van der Waals surface area (Å²) in [6.07, 6.45) is 21.2. The summed E-state index contributed by atoms with van der Waals surface area (Å²) in [7, 11) is -2.10. The summed E-state index contributed by atoms with van der Waals surface area (Å²) in [4.78, 5) is 0. The van der Waals surface area contributed by atoms with Gasteiger partial charge in [0.15, 0.2) is 0 Å². The van der Waals surface area contributed by atoms with Crippen molar-refractivity contribution in [3.8, 4) is 0 Å². The zero-order valence-corrected chi connectivity index (χ0v) is 21.5. The maximum Gasteiger partial charge on any atom is 0.343 e. The summed E-state index contributed by atoms with van der Waals surface area (Å²) in [5.41, 5.74) is 0. The largest absolute Gasteiger partial charge is 0.394 e. The first-order valence-corrected chi connectivity index (χ1v) is 14.7. The molecule has 0 aromatic carbocycles. The van der Waals surface area contributed by atoms with E-state index in [1.54, 1.807) is 0 Å². The molecule has 0 spiro atoms. The van der Waals surface area contributed by atoms with Gasteiger partial charge in [0.2, 0.25) is 0 Å². The summed E-state index contributed by atoms with van der Waals surface area (Å²) in [6, 6.07) is 1.15. The zero-order chi connectivity index (χ0) is 21.1. The Labute approximate surface area is 179 Å². The third kappa shape index (κ3) is 13.4. The molecule has 0 aliphatic rings. The van der Waals surface area contributed by atoms with Gasteiger partial charge in [-0.15, -0.1) is 0 Å². The van der Waals surface area contributed by atoms with Crippen LogP contribution in [0, 0.1) is 0 Å². The van der Waals surface area contributed by atoms with Crippen molar-refractivity contribution < 1.29 is 8.85 Å². The topological polar surface area (TPSA) is 18.5 Å². The van der Waals surface area contributed by atoms with Crippen LogP contribution in [0.4, 0.5) is 0 Å². The minimum absolute atomic E-state index is 0.148. The Balaban J connectivity index is 3.66. The van der Waals surface area contributed by atoms with Gasteiger partial charge in [0, 0.05) is 18.3 Å². The second-order valence-corrected chi connectivity index (χ2v) is 13.7. The van der Waals surface area contributed by atoms with Crippen LogP contribution < -0.4 is 0 Å². The van der Waals surface area contributed by atoms with Gasteiger partial charge >= 0.3 is 8.56 Å². The molecule has 170 valence electrons. The van der Waals surface area contributed by atoms with Crippen LogP contribution in [0.1, 0.15) is 138 Å². The van der Waals surface area contributed by atoms with Crippen molar-refractivity contribution in [1.29, 1.82) is 0 Å². The predicted octanol–water partition coefficient (Wildman–Crippen LogP) is 9.17. The van der Waals surface area contributed by atoms with E-state index in [0.717, 1.165) is 19.3 Å². The molecule has 0 aromatic heterocycles. The van der Waals surface area contributed by atoms with E-state index >= 15 is 0 Å². The van der Waals surface area contributed by atoms with Crippen molar-refractivity contribution >= 4 is 8.56 Å². The van der Waals surface area contributed by atoms with Crippen LogP contribution in [0.5, 0.6) is 0 Å². The molecule has 3 heteroatoms. The molecule has 0 unspecified atom stereocenters. The van der Waals surface area contributed by atoms with E-state index in [1.165, 1.54) is 96.3 Å². The fourth-order valence-corrected chi connectivity index (χ4v) is 7.83. The molecule has 2 nitrogen and oxygen atoms in total. The van der Waals surface area contributed by atoms with E-state index in [2.05, 4.69) is 41.5 Å². The van der Waals surface area contributed by atoms with Crippen LogP contribution in [0.15, 0.2) is 0 Å². The summed E-state index contributed by atoms with van der Waals surface area (Å²) < 4.78 is 12.5. The predicted molar refractivity (Wildman–Crippen MR) is 128 cm³/mol. The quantitative estimate of drug-likeness (QED) is 0.146. The molecule has 0 radical (unpaired) electrons. The van der Waals surface area contributed by atoms with Gasteiger partial charge in [-0.2, -0.15) is 0 Å². The molecule has 0 saturated heterocycles. The molecule has 0 atom stereocenters. The summed E-state index contributed by atoms with van der Waals surface area (Å²) in [6.45, 7) is 15.0. The minimum atomic E-state index is -2.10. The van der Waals surface area contributed by atoms with Gasteiger partial charge < -0.3 is 8.85 Å². The first-order chi connectivity index (χ1) is 13.4. The molecule has 0 fully saturated rings. The zero-order valence-electron chi connectivity index (χ0n) is 20.5. The van der Waals surface area contributed by atoms with Crippen LogP contribution in [0.3, 0.4) is 0 Å². The molecule has 0 aromatic rings. The third-order valence-corrected chi connectivity index (χ3v) is 10.8. The van der Waals surface area contributed by atoms with Crippen LogP contribution in [0.25, 0.3) is 0 Å². The van der Waals surface area contributed by atoms with Gasteiger partial charge in [0.05, 0.1) is 0 Å². The highest BCUT2D eigenvalue weighted by Crippen LogP contribution is 2.41. The van der Waals surface area contributed by atoms with Crippen LogP contribution in [0.2, 0.25) is 11.1 Å². The van der Waals surface area contributed by atoms with Gasteiger partial charge in [0.25, 0.3) is 0 Å². The van der Waals surface area contributed by atoms with E-state index in [9.17, 15) is 0 Å². The molecule has 0 saturated carbocycles. The van der Waals surface area contributed by atoms with E-state index in [1.807, 2.05) is 0 Å². The molecule has 0 bridgehead atoms. The van der Waals surface area contributed by atoms with Gasteiger partial charge in [-0.1, -0.05) is 124 Å². The van der Waals surface area contributed by atoms with Gasteiger partial charge in [-0.05, 0) is 19.9 Å². The number of rotatable bonds is 20. The second-order valence-electron chi connectivity index (χ2n) is 9.57. The highest BCUT2D eigenvalue weighted by Gasteiger charge is 2.48. The lowest BCUT2D eigenvalue weighted by molar-refractivity contribution is 0.159. The number of hydrogen-bond donors (Lipinski definition) is 0. The standard InChI is InChI=1S/C25H54O2Si/c1-7-10-11-12-13-14-15-16-17-18-19-20-21-22-23-24-28(26-8-2,27-9-3)25(4,5)6/h7-24H2,1-6H3. The van der Waals surface area contributed by atoms with Gasteiger partial charge in [-0.25, -0.2) is 0 Å². The second kappa shape index (κ2) is 17.9. The van der Waals surface area contributed by atoms with Crippen molar-refractivity contribution in [1.82, 2.24) is 0 Å². The maximum atomic E-state index is 6.27. The monoisotopic (exact) mass is 414 g/mol. The van der Waals surface area contributed by atoms with Crippen LogP contribution >= 0.6 is 0 Å². The highest BCUT2D eigenvalue weighted by molar-refractivity contribution is 6.70. The van der Waals surface area contributed by atoms with Crippen LogP contribution in [-0.2, 0) is 8.85 Å². The lowest BCUT2D eigenvalue weighted by atomic mass is 10.0. The summed E-state index contributed by atoms with van der Waals surface area (Å²) >= 11 is 0. The molecule has 0 amide bonds. The normalized spacial score (nSPS) is 12.6. The average molecular weight is 415 g/mol. The fraction of sp³-hybridized carbons (Fsp3) is 1.00. The maximum absolute atomic E-state index is 6.27. The van der Waals surface area contributed by atoms with E-state index in [4.69, 9.17) is 8.85 Å². The molecule has 0 aliphatic carbocycles. The van der Waals surface area contributed by atoms with E-state index in [0.29, 0.717) is 0 Å². The fourth-order valence-electron chi connectivity index (χ4n) is 4.19. The Morgan fingerprint density at radius 2 is 0.821 bits per heavy atom. The Kier molecular flexibility index (Phi) is 18.0. The minimum Gasteiger partial charge on any atom is -0.394 e. The average Bonchev–Trinajstić information content (AvgIpc) is 2.64. The number of hydrogen-bond acceptors (Lipinski definition) is 2. The molecule has 0 rings (SSSR count). The smallest absolute Gasteiger partial charge is 0.343 e. The Bertz CT molecular complexity index is 319. The lowest BCUT2D eigenvalue weighted by Crippen LogP contribution is -2.50. The molecule has 28 heavy (non-hydrogen) atoms. The van der Waals surface area contributed by atoms with Crippen molar-refractivity contribution in [3.63, 3.8) is 0 Å². The van der Waals surface area contributed by atoms with Crippen molar-refractivity contribution in [2.75, 3.05) is 13.2 Å². The Morgan fingerprint density at radius 1 is 0.500 bits per heavy atom. The summed E-state index contributed by atoms with van der Waals surface area (Å²) in [5.74, 6) is 0. The molecule has 0 N–H and O–H groups in total. The molecular formula is C25H54O2Si. The third-order valence-electron chi connectivity index (χ3n) is 6.01. The van der Waals surface area contributed by atoms with Crippen molar-refractivity contribution in [3.05, 3.63) is 0 Å².